The zero-order valence-corrected chi connectivity index (χ0v) is 45.5. The number of rotatable bonds is 19. The topological polar surface area (TPSA) is 218 Å². The van der Waals surface area contributed by atoms with Crippen molar-refractivity contribution in [1.82, 2.24) is 45.2 Å². The standard InChI is InChI=1S/C23H30F3N5O.C20H37N3O4.C11H12N2O2.CH5N/c1-14(2)30(3)16-5-7-17(8-6-16)31-11-10-20(22(31)32)29-21-18-12-15(23(24,25)26)4-9-19(18)27-13-28-21;1-21-8-12-26-14-15-27-13-9-22-20(25)18-6-10-23(11-7-18)19-4-2-17(16-24)3-5-19;1-13-10(15)5-9(7-14)11(13)8-3-2-4-12-6-8;1-2/h4,9,12-14,16-17,20H,5-8,10-11H2,1-3H3,(H,27,28,29);16-19,21H,2-15H2,1H3,(H,22,25);2-4,6-7,9,11H,5H2,1H3;2H2,1H3/t;;9?,11-;/m..1./s1. The van der Waals surface area contributed by atoms with Gasteiger partial charge in [0.1, 0.15) is 30.8 Å². The number of likely N-dealkylation sites (N-methyl/N-ethyl adjacent to an activating group) is 1. The van der Waals surface area contributed by atoms with E-state index in [1.165, 1.54) is 19.4 Å². The van der Waals surface area contributed by atoms with Gasteiger partial charge in [-0.3, -0.25) is 19.4 Å². The SMILES string of the molecule is CC(C)N(C)C1CCC(N2CCC(Nc3ncnc4ccc(C(F)(F)F)cc34)C2=O)CC1.CN.CN1C(=O)CC(C=O)[C@H]1c1cccnc1.CNCCOCCOCCNC(=O)C1CCN(C2CCC(C=O)CC2)CC1. The highest BCUT2D eigenvalue weighted by molar-refractivity contribution is 5.93. The van der Waals surface area contributed by atoms with Crippen molar-refractivity contribution < 1.29 is 46.6 Å². The second kappa shape index (κ2) is 31.3. The fourth-order valence-electron chi connectivity index (χ4n) is 11.0. The molecular weight excluding hydrogens is 984 g/mol. The summed E-state index contributed by atoms with van der Waals surface area (Å²) in [6, 6.07) is 8.33. The number of hydrogen-bond acceptors (Lipinski definition) is 15. The Bertz CT molecular complexity index is 2240. The smallest absolute Gasteiger partial charge is 0.378 e. The maximum absolute atomic E-state index is 13.2. The van der Waals surface area contributed by atoms with Crippen LogP contribution in [0.4, 0.5) is 19.0 Å². The van der Waals surface area contributed by atoms with Crippen LogP contribution < -0.4 is 21.7 Å². The molecule has 2 aromatic heterocycles. The van der Waals surface area contributed by atoms with E-state index in [2.05, 4.69) is 67.3 Å². The van der Waals surface area contributed by atoms with Crippen molar-refractivity contribution in [3.05, 3.63) is 60.2 Å². The van der Waals surface area contributed by atoms with Crippen molar-refractivity contribution >= 4 is 47.0 Å². The molecule has 422 valence electrons. The molecule has 5 N–H and O–H groups in total. The molecule has 3 saturated heterocycles. The summed E-state index contributed by atoms with van der Waals surface area (Å²) in [6.45, 7) is 10.8. The average Bonchev–Trinajstić information content (AvgIpc) is 3.96. The van der Waals surface area contributed by atoms with Gasteiger partial charge in [-0.1, -0.05) is 6.07 Å². The zero-order valence-electron chi connectivity index (χ0n) is 45.5. The quantitative estimate of drug-likeness (QED) is 0.0860. The van der Waals surface area contributed by atoms with Crippen LogP contribution in [0.2, 0.25) is 0 Å². The molecule has 0 spiro atoms. The highest BCUT2D eigenvalue weighted by Crippen LogP contribution is 2.37. The van der Waals surface area contributed by atoms with Gasteiger partial charge in [-0.2, -0.15) is 13.2 Å². The first-order valence-corrected chi connectivity index (χ1v) is 27.2. The van der Waals surface area contributed by atoms with E-state index < -0.39 is 17.8 Å². The second-order valence-electron chi connectivity index (χ2n) is 20.6. The van der Waals surface area contributed by atoms with Crippen LogP contribution in [-0.2, 0) is 39.6 Å². The maximum Gasteiger partial charge on any atom is 0.416 e. The Morgan fingerprint density at radius 2 is 1.54 bits per heavy atom. The third-order valence-corrected chi connectivity index (χ3v) is 15.6. The molecule has 3 aliphatic heterocycles. The van der Waals surface area contributed by atoms with Gasteiger partial charge in [0.05, 0.1) is 43.5 Å². The highest BCUT2D eigenvalue weighted by Gasteiger charge is 2.40. The molecule has 3 amide bonds. The zero-order chi connectivity index (χ0) is 55.2. The number of fused-ring (bicyclic) bond motifs is 1. The number of pyridine rings is 1. The molecule has 2 aliphatic carbocycles. The molecule has 3 atom stereocenters. The van der Waals surface area contributed by atoms with Crippen molar-refractivity contribution in [2.24, 2.45) is 23.5 Å². The van der Waals surface area contributed by atoms with E-state index in [4.69, 9.17) is 9.47 Å². The summed E-state index contributed by atoms with van der Waals surface area (Å²) in [6.07, 6.45) is 13.4. The average molecular weight is 1070 g/mol. The second-order valence-corrected chi connectivity index (χ2v) is 20.6. The Balaban J connectivity index is 0.000000219. The first kappa shape index (κ1) is 61.7. The van der Waals surface area contributed by atoms with Crippen LogP contribution in [0.25, 0.3) is 10.9 Å². The van der Waals surface area contributed by atoms with Crippen LogP contribution in [0.15, 0.2) is 49.1 Å². The number of carbonyl (C=O) groups excluding carboxylic acids is 5. The summed E-state index contributed by atoms with van der Waals surface area (Å²) < 4.78 is 50.3. The number of aldehydes is 2. The number of anilines is 1. The Labute approximate surface area is 447 Å². The lowest BCUT2D eigenvalue weighted by Gasteiger charge is -2.39. The van der Waals surface area contributed by atoms with E-state index in [1.54, 1.807) is 24.3 Å². The van der Waals surface area contributed by atoms with Gasteiger partial charge in [0.25, 0.3) is 0 Å². The Morgan fingerprint density at radius 3 is 2.14 bits per heavy atom. The number of piperidine rings is 1. The predicted octanol–water partition coefficient (Wildman–Crippen LogP) is 5.51. The minimum atomic E-state index is -4.45. The first-order valence-electron chi connectivity index (χ1n) is 27.2. The van der Waals surface area contributed by atoms with Crippen molar-refractivity contribution in [2.45, 2.75) is 133 Å². The van der Waals surface area contributed by atoms with E-state index in [0.29, 0.717) is 76.0 Å². The van der Waals surface area contributed by atoms with Crippen molar-refractivity contribution in [2.75, 3.05) is 92.7 Å². The van der Waals surface area contributed by atoms with Crippen LogP contribution in [-0.4, -0.2) is 182 Å². The van der Waals surface area contributed by atoms with E-state index >= 15 is 0 Å². The molecule has 0 bridgehead atoms. The number of alkyl halides is 3. The van der Waals surface area contributed by atoms with E-state index in [9.17, 15) is 37.1 Å². The number of carbonyl (C=O) groups is 5. The number of likely N-dealkylation sites (tertiary alicyclic amines) is 3. The third kappa shape index (κ3) is 17.7. The van der Waals surface area contributed by atoms with Gasteiger partial charge >= 0.3 is 6.18 Å². The summed E-state index contributed by atoms with van der Waals surface area (Å²) in [7, 11) is 7.28. The lowest BCUT2D eigenvalue weighted by molar-refractivity contribution is -0.137. The Kier molecular flexibility index (Phi) is 25.4. The van der Waals surface area contributed by atoms with Gasteiger partial charge < -0.3 is 60.3 Å². The third-order valence-electron chi connectivity index (χ3n) is 15.6. The fraction of sp³-hybridized carbons (Fsp3) is 0.673. The molecule has 1 aromatic carbocycles. The van der Waals surface area contributed by atoms with Gasteiger partial charge in [-0.15, -0.1) is 0 Å². The number of aromatic nitrogens is 3. The van der Waals surface area contributed by atoms with Crippen LogP contribution >= 0.6 is 0 Å². The van der Waals surface area contributed by atoms with Crippen LogP contribution in [0.1, 0.15) is 108 Å². The number of nitrogens with one attached hydrogen (secondary N) is 3. The lowest BCUT2D eigenvalue weighted by Crippen LogP contribution is -2.46. The summed E-state index contributed by atoms with van der Waals surface area (Å²) in [5, 5.41) is 9.39. The number of amides is 3. The molecule has 18 nitrogen and oxygen atoms in total. The summed E-state index contributed by atoms with van der Waals surface area (Å²) in [4.78, 5) is 79.4. The van der Waals surface area contributed by atoms with E-state index in [-0.39, 0.29) is 58.8 Å². The van der Waals surface area contributed by atoms with Gasteiger partial charge in [-0.05, 0) is 149 Å². The molecule has 2 saturated carbocycles. The molecule has 5 fully saturated rings. The molecule has 5 heterocycles. The van der Waals surface area contributed by atoms with Crippen LogP contribution in [0.3, 0.4) is 0 Å². The van der Waals surface area contributed by atoms with Crippen molar-refractivity contribution in [3.63, 3.8) is 0 Å². The van der Waals surface area contributed by atoms with Gasteiger partial charge in [-0.25, -0.2) is 9.97 Å². The number of ether oxygens (including phenoxy) is 2. The summed E-state index contributed by atoms with van der Waals surface area (Å²) in [5.74, 6) is 0.595. The highest BCUT2D eigenvalue weighted by atomic mass is 19.4. The Morgan fingerprint density at radius 1 is 0.868 bits per heavy atom. The van der Waals surface area contributed by atoms with Gasteiger partial charge in [0.2, 0.25) is 17.7 Å². The number of hydrogen-bond donors (Lipinski definition) is 4. The van der Waals surface area contributed by atoms with Crippen LogP contribution in [0.5, 0.6) is 0 Å². The minimum Gasteiger partial charge on any atom is -0.378 e. The number of halogens is 3. The van der Waals surface area contributed by atoms with Gasteiger partial charge in [0, 0.05) is 92.8 Å². The number of nitrogens with two attached hydrogens (primary N) is 1. The van der Waals surface area contributed by atoms with E-state index in [0.717, 1.165) is 114 Å². The molecular formula is C55H84F3N11O7. The minimum absolute atomic E-state index is 0.00408. The maximum atomic E-state index is 13.2. The first-order chi connectivity index (χ1) is 36.6. The monoisotopic (exact) mass is 1070 g/mol. The Hall–Kier alpha value is -5.19. The van der Waals surface area contributed by atoms with Crippen molar-refractivity contribution in [3.8, 4) is 0 Å². The molecule has 8 rings (SSSR count). The number of nitrogens with zero attached hydrogens (tertiary/aromatic N) is 7. The summed E-state index contributed by atoms with van der Waals surface area (Å²) >= 11 is 0. The van der Waals surface area contributed by atoms with Crippen LogP contribution in [0, 0.1) is 17.8 Å². The van der Waals surface area contributed by atoms with E-state index in [1.807, 2.05) is 24.1 Å². The predicted molar refractivity (Wildman–Crippen MR) is 286 cm³/mol. The molecule has 76 heavy (non-hydrogen) atoms. The molecule has 0 radical (unpaired) electrons. The fourth-order valence-corrected chi connectivity index (χ4v) is 11.0. The molecule has 2 unspecified atom stereocenters. The summed E-state index contributed by atoms with van der Waals surface area (Å²) in [5.41, 5.74) is 5.07. The largest absolute Gasteiger partial charge is 0.416 e. The molecule has 21 heteroatoms. The molecule has 5 aliphatic rings. The van der Waals surface area contributed by atoms with Gasteiger partial charge in [0.15, 0.2) is 0 Å². The number of benzene rings is 1. The van der Waals surface area contributed by atoms with Crippen molar-refractivity contribution in [1.29, 1.82) is 0 Å². The lowest BCUT2D eigenvalue weighted by atomic mass is 9.84. The molecule has 3 aromatic rings. The normalized spacial score (nSPS) is 24.3.